The Bertz CT molecular complexity index is 807. The second-order valence-corrected chi connectivity index (χ2v) is 7.07. The minimum atomic E-state index is -0.918. The molecule has 0 spiro atoms. The maximum absolute atomic E-state index is 12.3. The molecule has 28 heavy (non-hydrogen) atoms. The molecule has 0 aliphatic rings. The molecule has 150 valence electrons. The van der Waals surface area contributed by atoms with Gasteiger partial charge in [-0.3, -0.25) is 9.59 Å². The number of aryl methyl sites for hydroxylation is 1. The molecular formula is C21H25NO5S. The third-order valence-corrected chi connectivity index (χ3v) is 4.77. The highest BCUT2D eigenvalue weighted by molar-refractivity contribution is 8.00. The third kappa shape index (κ3) is 6.49. The first-order chi connectivity index (χ1) is 13.4. The van der Waals surface area contributed by atoms with E-state index in [0.29, 0.717) is 18.0 Å². The standard InChI is InChI=1S/C21H25NO5S/c1-5-26-16-7-9-17(10-8-16)28-13-20(23)27-15(3)21(24)22-18-12-14(2)6-11-19(18)25-4/h6-12,15H,5,13H2,1-4H3,(H,22,24)/t15-/m0/s1. The van der Waals surface area contributed by atoms with Crippen LogP contribution in [0.5, 0.6) is 11.5 Å². The van der Waals surface area contributed by atoms with Crippen LogP contribution in [0, 0.1) is 6.92 Å². The monoisotopic (exact) mass is 403 g/mol. The zero-order chi connectivity index (χ0) is 20.5. The van der Waals surface area contributed by atoms with Crippen molar-refractivity contribution in [3.05, 3.63) is 48.0 Å². The van der Waals surface area contributed by atoms with Crippen LogP contribution in [0.25, 0.3) is 0 Å². The van der Waals surface area contributed by atoms with E-state index in [2.05, 4.69) is 5.32 Å². The Morgan fingerprint density at radius 3 is 2.50 bits per heavy atom. The number of methoxy groups -OCH3 is 1. The number of benzene rings is 2. The van der Waals surface area contributed by atoms with Crippen LogP contribution in [0.2, 0.25) is 0 Å². The summed E-state index contributed by atoms with van der Waals surface area (Å²) in [5.41, 5.74) is 1.52. The van der Waals surface area contributed by atoms with Gasteiger partial charge in [-0.25, -0.2) is 0 Å². The number of nitrogens with one attached hydrogen (secondary N) is 1. The fourth-order valence-electron chi connectivity index (χ4n) is 2.38. The van der Waals surface area contributed by atoms with Crippen molar-refractivity contribution in [1.29, 1.82) is 0 Å². The highest BCUT2D eigenvalue weighted by atomic mass is 32.2. The predicted molar refractivity (Wildman–Crippen MR) is 110 cm³/mol. The Balaban J connectivity index is 1.84. The number of anilines is 1. The Morgan fingerprint density at radius 2 is 1.86 bits per heavy atom. The van der Waals surface area contributed by atoms with Gasteiger partial charge in [-0.05, 0) is 62.7 Å². The van der Waals surface area contributed by atoms with E-state index in [1.807, 2.05) is 44.2 Å². The van der Waals surface area contributed by atoms with Crippen molar-refractivity contribution in [2.24, 2.45) is 0 Å². The maximum atomic E-state index is 12.3. The molecule has 2 rings (SSSR count). The first-order valence-electron chi connectivity index (χ1n) is 8.93. The molecule has 0 saturated carbocycles. The number of hydrogen-bond donors (Lipinski definition) is 1. The summed E-state index contributed by atoms with van der Waals surface area (Å²) < 4.78 is 15.9. The van der Waals surface area contributed by atoms with Crippen LogP contribution in [0.3, 0.4) is 0 Å². The molecule has 0 saturated heterocycles. The molecule has 0 aliphatic heterocycles. The molecule has 0 aromatic heterocycles. The summed E-state index contributed by atoms with van der Waals surface area (Å²) in [5, 5.41) is 2.74. The lowest BCUT2D eigenvalue weighted by atomic mass is 10.2. The van der Waals surface area contributed by atoms with Crippen LogP contribution < -0.4 is 14.8 Å². The van der Waals surface area contributed by atoms with Crippen molar-refractivity contribution >= 4 is 29.3 Å². The minimum absolute atomic E-state index is 0.110. The van der Waals surface area contributed by atoms with Crippen molar-refractivity contribution < 1.29 is 23.8 Å². The summed E-state index contributed by atoms with van der Waals surface area (Å²) >= 11 is 1.34. The van der Waals surface area contributed by atoms with Gasteiger partial charge in [0.1, 0.15) is 11.5 Å². The number of carbonyl (C=O) groups excluding carboxylic acids is 2. The molecule has 0 bridgehead atoms. The molecule has 7 heteroatoms. The van der Waals surface area contributed by atoms with Crippen molar-refractivity contribution in [1.82, 2.24) is 0 Å². The molecule has 0 heterocycles. The highest BCUT2D eigenvalue weighted by Crippen LogP contribution is 2.25. The van der Waals surface area contributed by atoms with Crippen LogP contribution in [0.1, 0.15) is 19.4 Å². The normalized spacial score (nSPS) is 11.4. The van der Waals surface area contributed by atoms with Crippen molar-refractivity contribution in [2.75, 3.05) is 24.8 Å². The lowest BCUT2D eigenvalue weighted by Gasteiger charge is -2.15. The van der Waals surface area contributed by atoms with E-state index in [0.717, 1.165) is 16.2 Å². The van der Waals surface area contributed by atoms with E-state index >= 15 is 0 Å². The number of ether oxygens (including phenoxy) is 3. The zero-order valence-corrected chi connectivity index (χ0v) is 17.3. The topological polar surface area (TPSA) is 73.9 Å². The van der Waals surface area contributed by atoms with Crippen LogP contribution >= 0.6 is 11.8 Å². The summed E-state index contributed by atoms with van der Waals surface area (Å²) in [5.74, 6) is 0.565. The van der Waals surface area contributed by atoms with Crippen molar-refractivity contribution in [2.45, 2.75) is 31.8 Å². The number of carbonyl (C=O) groups is 2. The van der Waals surface area contributed by atoms with Gasteiger partial charge >= 0.3 is 5.97 Å². The molecule has 0 unspecified atom stereocenters. The molecule has 0 radical (unpaired) electrons. The molecule has 1 amide bonds. The van der Waals surface area contributed by atoms with Crippen molar-refractivity contribution in [3.63, 3.8) is 0 Å². The first-order valence-corrected chi connectivity index (χ1v) is 9.92. The molecule has 2 aromatic rings. The summed E-state index contributed by atoms with van der Waals surface area (Å²) in [7, 11) is 1.53. The molecule has 0 aliphatic carbocycles. The molecular weight excluding hydrogens is 378 g/mol. The first kappa shape index (κ1) is 21.6. The summed E-state index contributed by atoms with van der Waals surface area (Å²) in [6.45, 7) is 5.98. The molecule has 1 atom stereocenters. The van der Waals surface area contributed by atoms with Gasteiger partial charge in [0.05, 0.1) is 25.2 Å². The third-order valence-electron chi connectivity index (χ3n) is 3.78. The van der Waals surface area contributed by atoms with Gasteiger partial charge in [0.25, 0.3) is 5.91 Å². The summed E-state index contributed by atoms with van der Waals surface area (Å²) in [6.07, 6.45) is -0.918. The minimum Gasteiger partial charge on any atom is -0.495 e. The van der Waals surface area contributed by atoms with Crippen LogP contribution in [0.4, 0.5) is 5.69 Å². The quantitative estimate of drug-likeness (QED) is 0.503. The summed E-state index contributed by atoms with van der Waals surface area (Å²) in [4.78, 5) is 25.3. The van der Waals surface area contributed by atoms with E-state index in [4.69, 9.17) is 14.2 Å². The largest absolute Gasteiger partial charge is 0.495 e. The van der Waals surface area contributed by atoms with E-state index < -0.39 is 18.0 Å². The van der Waals surface area contributed by atoms with E-state index in [-0.39, 0.29) is 5.75 Å². The second-order valence-electron chi connectivity index (χ2n) is 6.02. The van der Waals surface area contributed by atoms with Crippen molar-refractivity contribution in [3.8, 4) is 11.5 Å². The second kappa shape index (κ2) is 10.6. The highest BCUT2D eigenvalue weighted by Gasteiger charge is 2.19. The van der Waals surface area contributed by atoms with Crippen LogP contribution in [-0.4, -0.2) is 37.4 Å². The number of rotatable bonds is 9. The molecule has 0 fully saturated rings. The lowest BCUT2D eigenvalue weighted by Crippen LogP contribution is -2.30. The molecule has 6 nitrogen and oxygen atoms in total. The Kier molecular flexibility index (Phi) is 8.19. The van der Waals surface area contributed by atoms with E-state index in [1.165, 1.54) is 25.8 Å². The van der Waals surface area contributed by atoms with E-state index in [9.17, 15) is 9.59 Å². The van der Waals surface area contributed by atoms with Crippen LogP contribution in [0.15, 0.2) is 47.4 Å². The fourth-order valence-corrected chi connectivity index (χ4v) is 3.06. The average molecular weight is 404 g/mol. The number of thioether (sulfide) groups is 1. The Hall–Kier alpha value is -2.67. The number of esters is 1. The van der Waals surface area contributed by atoms with Crippen LogP contribution in [-0.2, 0) is 14.3 Å². The maximum Gasteiger partial charge on any atom is 0.317 e. The van der Waals surface area contributed by atoms with Gasteiger partial charge in [-0.2, -0.15) is 0 Å². The fraction of sp³-hybridized carbons (Fsp3) is 0.333. The van der Waals surface area contributed by atoms with Gasteiger partial charge in [0.15, 0.2) is 6.10 Å². The smallest absolute Gasteiger partial charge is 0.317 e. The number of hydrogen-bond acceptors (Lipinski definition) is 6. The Labute approximate surface area is 169 Å². The number of amides is 1. The average Bonchev–Trinajstić information content (AvgIpc) is 2.68. The van der Waals surface area contributed by atoms with E-state index in [1.54, 1.807) is 12.1 Å². The SMILES string of the molecule is CCOc1ccc(SCC(=O)O[C@@H](C)C(=O)Nc2cc(C)ccc2OC)cc1. The van der Waals surface area contributed by atoms with Gasteiger partial charge < -0.3 is 19.5 Å². The molecule has 1 N–H and O–H groups in total. The van der Waals surface area contributed by atoms with Gasteiger partial charge in [0, 0.05) is 4.90 Å². The van der Waals surface area contributed by atoms with Gasteiger partial charge in [0.2, 0.25) is 0 Å². The molecule has 2 aromatic carbocycles. The predicted octanol–water partition coefficient (Wildman–Crippen LogP) is 4.06. The van der Waals surface area contributed by atoms with Gasteiger partial charge in [-0.1, -0.05) is 6.07 Å². The summed E-state index contributed by atoms with van der Waals surface area (Å²) in [6, 6.07) is 12.9. The zero-order valence-electron chi connectivity index (χ0n) is 16.5. The lowest BCUT2D eigenvalue weighted by molar-refractivity contribution is -0.150. The Morgan fingerprint density at radius 1 is 1.14 bits per heavy atom. The van der Waals surface area contributed by atoms with Gasteiger partial charge in [-0.15, -0.1) is 11.8 Å².